The Morgan fingerprint density at radius 1 is 1.20 bits per heavy atom. The van der Waals surface area contributed by atoms with Gasteiger partial charge in [-0.1, -0.05) is 18.2 Å². The van der Waals surface area contributed by atoms with Gasteiger partial charge in [-0.2, -0.15) is 0 Å². The number of fused-ring (bicyclic) bond motifs is 1. The molecule has 0 spiro atoms. The fourth-order valence-corrected chi connectivity index (χ4v) is 2.99. The summed E-state index contributed by atoms with van der Waals surface area (Å²) in [6.07, 6.45) is 1.43. The third-order valence-corrected chi connectivity index (χ3v) is 4.10. The summed E-state index contributed by atoms with van der Waals surface area (Å²) in [6.45, 7) is 1.45. The van der Waals surface area contributed by atoms with Gasteiger partial charge < -0.3 is 14.7 Å². The minimum absolute atomic E-state index is 0.0319. The van der Waals surface area contributed by atoms with E-state index < -0.39 is 11.9 Å². The molecule has 1 aromatic rings. The Morgan fingerprint density at radius 2 is 1.90 bits per heavy atom. The Bertz CT molecular complexity index is 536. The average molecular weight is 275 g/mol. The van der Waals surface area contributed by atoms with Crippen LogP contribution in [0.4, 0.5) is 5.69 Å². The molecule has 5 nitrogen and oxygen atoms in total. The van der Waals surface area contributed by atoms with Crippen molar-refractivity contribution in [2.45, 2.75) is 18.8 Å². The second-order valence-electron chi connectivity index (χ2n) is 5.29. The SMILES string of the molecule is O=C(O)C1CN(C(=O)C2CCOCC2)c2ccccc21. The Morgan fingerprint density at radius 3 is 2.60 bits per heavy atom. The zero-order chi connectivity index (χ0) is 14.1. The van der Waals surface area contributed by atoms with Gasteiger partial charge in [-0.05, 0) is 24.5 Å². The number of carboxylic acids is 1. The third-order valence-electron chi connectivity index (χ3n) is 4.10. The van der Waals surface area contributed by atoms with Crippen molar-refractivity contribution in [2.75, 3.05) is 24.7 Å². The molecule has 1 saturated heterocycles. The van der Waals surface area contributed by atoms with Crippen LogP contribution in [0.25, 0.3) is 0 Å². The highest BCUT2D eigenvalue weighted by molar-refractivity contribution is 6.00. The largest absolute Gasteiger partial charge is 0.481 e. The quantitative estimate of drug-likeness (QED) is 0.890. The highest BCUT2D eigenvalue weighted by Gasteiger charge is 2.38. The number of ether oxygens (including phenoxy) is 1. The number of carbonyl (C=O) groups excluding carboxylic acids is 1. The van der Waals surface area contributed by atoms with E-state index in [1.165, 1.54) is 0 Å². The highest BCUT2D eigenvalue weighted by Crippen LogP contribution is 2.37. The predicted molar refractivity (Wildman–Crippen MR) is 72.7 cm³/mol. The van der Waals surface area contributed by atoms with Crippen molar-refractivity contribution in [3.05, 3.63) is 29.8 Å². The molecular weight excluding hydrogens is 258 g/mol. The van der Waals surface area contributed by atoms with Gasteiger partial charge in [0.05, 0.1) is 0 Å². The first-order valence-electron chi connectivity index (χ1n) is 6.89. The summed E-state index contributed by atoms with van der Waals surface area (Å²) < 4.78 is 5.28. The van der Waals surface area contributed by atoms with Gasteiger partial charge in [-0.3, -0.25) is 9.59 Å². The number of carbonyl (C=O) groups is 2. The normalized spacial score (nSPS) is 22.6. The molecular formula is C15H17NO4. The molecule has 20 heavy (non-hydrogen) atoms. The summed E-state index contributed by atoms with van der Waals surface area (Å²) in [6, 6.07) is 7.28. The van der Waals surface area contributed by atoms with E-state index in [1.54, 1.807) is 11.0 Å². The molecule has 1 N–H and O–H groups in total. The summed E-state index contributed by atoms with van der Waals surface area (Å²) in [4.78, 5) is 25.6. The third kappa shape index (κ3) is 2.18. The lowest BCUT2D eigenvalue weighted by Crippen LogP contribution is -2.38. The Kier molecular flexibility index (Phi) is 3.44. The van der Waals surface area contributed by atoms with Crippen molar-refractivity contribution >= 4 is 17.6 Å². The molecule has 1 aromatic carbocycles. The zero-order valence-electron chi connectivity index (χ0n) is 11.1. The molecule has 0 bridgehead atoms. The van der Waals surface area contributed by atoms with Gasteiger partial charge >= 0.3 is 5.97 Å². The Hall–Kier alpha value is -1.88. The topological polar surface area (TPSA) is 66.8 Å². The number of hydrogen-bond donors (Lipinski definition) is 1. The number of anilines is 1. The molecule has 3 rings (SSSR count). The maximum absolute atomic E-state index is 12.6. The van der Waals surface area contributed by atoms with Crippen molar-refractivity contribution in [3.63, 3.8) is 0 Å². The number of aliphatic carboxylic acids is 1. The van der Waals surface area contributed by atoms with Crippen LogP contribution in [-0.4, -0.2) is 36.7 Å². The number of rotatable bonds is 2. The molecule has 2 aliphatic heterocycles. The molecule has 1 amide bonds. The summed E-state index contributed by atoms with van der Waals surface area (Å²) in [5, 5.41) is 9.31. The maximum atomic E-state index is 12.6. The van der Waals surface area contributed by atoms with Crippen LogP contribution < -0.4 is 4.90 Å². The number of carboxylic acid groups (broad SMARTS) is 1. The smallest absolute Gasteiger partial charge is 0.312 e. The summed E-state index contributed by atoms with van der Waals surface area (Å²) in [5.74, 6) is -1.51. The number of hydrogen-bond acceptors (Lipinski definition) is 3. The van der Waals surface area contributed by atoms with Gasteiger partial charge in [-0.15, -0.1) is 0 Å². The van der Waals surface area contributed by atoms with Crippen LogP contribution in [0, 0.1) is 5.92 Å². The molecule has 0 aromatic heterocycles. The lowest BCUT2D eigenvalue weighted by atomic mass is 9.98. The molecule has 1 unspecified atom stereocenters. The van der Waals surface area contributed by atoms with Crippen LogP contribution in [0.1, 0.15) is 24.3 Å². The minimum atomic E-state index is -0.875. The molecule has 5 heteroatoms. The number of benzene rings is 1. The van der Waals surface area contributed by atoms with Crippen LogP contribution in [0.3, 0.4) is 0 Å². The molecule has 1 atom stereocenters. The van der Waals surface area contributed by atoms with Crippen LogP contribution in [0.2, 0.25) is 0 Å². The van der Waals surface area contributed by atoms with Crippen LogP contribution in [0.5, 0.6) is 0 Å². The van der Waals surface area contributed by atoms with E-state index in [4.69, 9.17) is 4.74 Å². The first kappa shape index (κ1) is 13.1. The van der Waals surface area contributed by atoms with E-state index in [2.05, 4.69) is 0 Å². The lowest BCUT2D eigenvalue weighted by molar-refractivity contribution is -0.138. The monoisotopic (exact) mass is 275 g/mol. The van der Waals surface area contributed by atoms with Gasteiger partial charge in [0.2, 0.25) is 5.91 Å². The van der Waals surface area contributed by atoms with Crippen molar-refractivity contribution in [1.82, 2.24) is 0 Å². The molecule has 0 aliphatic carbocycles. The fourth-order valence-electron chi connectivity index (χ4n) is 2.99. The van der Waals surface area contributed by atoms with Gasteiger partial charge in [0.1, 0.15) is 5.92 Å². The molecule has 0 radical (unpaired) electrons. The van der Waals surface area contributed by atoms with Crippen LogP contribution in [-0.2, 0) is 14.3 Å². The average Bonchev–Trinajstić information content (AvgIpc) is 2.87. The number of nitrogens with zero attached hydrogens (tertiary/aromatic N) is 1. The first-order chi connectivity index (χ1) is 9.68. The van der Waals surface area contributed by atoms with Crippen molar-refractivity contribution < 1.29 is 19.4 Å². The van der Waals surface area contributed by atoms with E-state index in [1.807, 2.05) is 18.2 Å². The second kappa shape index (κ2) is 5.25. The van der Waals surface area contributed by atoms with Crippen LogP contribution >= 0.6 is 0 Å². The van der Waals surface area contributed by atoms with E-state index in [0.717, 1.165) is 24.1 Å². The first-order valence-corrected chi connectivity index (χ1v) is 6.89. The fraction of sp³-hybridized carbons (Fsp3) is 0.467. The summed E-state index contributed by atoms with van der Waals surface area (Å²) >= 11 is 0. The molecule has 2 heterocycles. The maximum Gasteiger partial charge on any atom is 0.312 e. The van der Waals surface area contributed by atoms with Gasteiger partial charge in [0, 0.05) is 31.4 Å². The number of amides is 1. The van der Waals surface area contributed by atoms with Crippen LogP contribution in [0.15, 0.2) is 24.3 Å². The predicted octanol–water partition coefficient (Wildman–Crippen LogP) is 1.63. The van der Waals surface area contributed by atoms with E-state index in [-0.39, 0.29) is 18.4 Å². The Labute approximate surface area is 117 Å². The van der Waals surface area contributed by atoms with E-state index >= 15 is 0 Å². The van der Waals surface area contributed by atoms with Gasteiger partial charge in [-0.25, -0.2) is 0 Å². The molecule has 106 valence electrons. The number of para-hydroxylation sites is 1. The lowest BCUT2D eigenvalue weighted by Gasteiger charge is -2.26. The van der Waals surface area contributed by atoms with Gasteiger partial charge in [0.25, 0.3) is 0 Å². The minimum Gasteiger partial charge on any atom is -0.481 e. The molecule has 0 saturated carbocycles. The van der Waals surface area contributed by atoms with Crippen molar-refractivity contribution in [1.29, 1.82) is 0 Å². The van der Waals surface area contributed by atoms with Gasteiger partial charge in [0.15, 0.2) is 0 Å². The van der Waals surface area contributed by atoms with E-state index in [0.29, 0.717) is 13.2 Å². The highest BCUT2D eigenvalue weighted by atomic mass is 16.5. The zero-order valence-corrected chi connectivity index (χ0v) is 11.1. The standard InChI is InChI=1S/C15H17NO4/c17-14(10-5-7-20-8-6-10)16-9-12(15(18)19)11-3-1-2-4-13(11)16/h1-4,10,12H,5-9H2,(H,18,19). The van der Waals surface area contributed by atoms with E-state index in [9.17, 15) is 14.7 Å². The molecule has 1 fully saturated rings. The summed E-state index contributed by atoms with van der Waals surface area (Å²) in [5.41, 5.74) is 1.48. The van der Waals surface area contributed by atoms with Crippen molar-refractivity contribution in [2.24, 2.45) is 5.92 Å². The second-order valence-corrected chi connectivity index (χ2v) is 5.29. The molecule has 2 aliphatic rings. The summed E-state index contributed by atoms with van der Waals surface area (Å²) in [7, 11) is 0. The Balaban J connectivity index is 1.87. The van der Waals surface area contributed by atoms with Crippen molar-refractivity contribution in [3.8, 4) is 0 Å².